The lowest BCUT2D eigenvalue weighted by Crippen LogP contribution is -2.24. The molecule has 2 aromatic carbocycles. The number of aryl methyl sites for hydroxylation is 1. The number of benzene rings is 2. The van der Waals surface area contributed by atoms with Gasteiger partial charge in [0.1, 0.15) is 5.56 Å². The van der Waals surface area contributed by atoms with Crippen LogP contribution in [-0.4, -0.2) is 10.9 Å². The van der Waals surface area contributed by atoms with E-state index in [1.54, 1.807) is 24.3 Å². The Morgan fingerprint density at radius 3 is 2.54 bits per heavy atom. The third-order valence-electron chi connectivity index (χ3n) is 3.71. The smallest absolute Gasteiger partial charge is 0.261 e. The molecule has 0 atom stereocenters. The van der Waals surface area contributed by atoms with Crippen LogP contribution in [0.25, 0.3) is 11.1 Å². The Balaban J connectivity index is 2.03. The molecule has 5 heteroatoms. The summed E-state index contributed by atoms with van der Waals surface area (Å²) in [5, 5.41) is 3.38. The summed E-state index contributed by atoms with van der Waals surface area (Å²) in [4.78, 5) is 27.5. The number of hydrogen-bond acceptors (Lipinski definition) is 2. The average molecular weight is 339 g/mol. The van der Waals surface area contributed by atoms with Crippen LogP contribution >= 0.6 is 11.6 Å². The number of nitrogens with one attached hydrogen (secondary N) is 2. The van der Waals surface area contributed by atoms with Gasteiger partial charge in [0.2, 0.25) is 0 Å². The van der Waals surface area contributed by atoms with Gasteiger partial charge in [-0.1, -0.05) is 41.9 Å². The van der Waals surface area contributed by atoms with Gasteiger partial charge in [-0.2, -0.15) is 0 Å². The van der Waals surface area contributed by atoms with Gasteiger partial charge < -0.3 is 10.3 Å². The maximum Gasteiger partial charge on any atom is 0.261 e. The predicted molar refractivity (Wildman–Crippen MR) is 96.6 cm³/mol. The summed E-state index contributed by atoms with van der Waals surface area (Å²) >= 11 is 5.93. The second-order valence-electron chi connectivity index (χ2n) is 5.37. The molecule has 1 heterocycles. The fraction of sp³-hybridized carbons (Fsp3) is 0.0526. The number of H-pyrrole nitrogens is 1. The fourth-order valence-electron chi connectivity index (χ4n) is 2.51. The molecule has 120 valence electrons. The first kappa shape index (κ1) is 16.0. The molecule has 0 fully saturated rings. The highest BCUT2D eigenvalue weighted by Crippen LogP contribution is 2.23. The molecule has 0 aliphatic rings. The summed E-state index contributed by atoms with van der Waals surface area (Å²) in [6, 6.07) is 16.2. The zero-order valence-corrected chi connectivity index (χ0v) is 13.7. The number of carbonyl (C=O) groups is 1. The molecule has 0 saturated heterocycles. The van der Waals surface area contributed by atoms with E-state index in [1.807, 2.05) is 37.3 Å². The summed E-state index contributed by atoms with van der Waals surface area (Å²) in [6.45, 7) is 1.84. The fourth-order valence-corrected chi connectivity index (χ4v) is 2.74. The highest BCUT2D eigenvalue weighted by molar-refractivity contribution is 6.30. The Labute approximate surface area is 144 Å². The van der Waals surface area contributed by atoms with E-state index in [0.29, 0.717) is 16.3 Å². The molecule has 0 aliphatic heterocycles. The van der Waals surface area contributed by atoms with Crippen molar-refractivity contribution in [3.63, 3.8) is 0 Å². The molecular formula is C19H15ClN2O2. The number of amides is 1. The van der Waals surface area contributed by atoms with E-state index < -0.39 is 11.5 Å². The van der Waals surface area contributed by atoms with Gasteiger partial charge in [0.25, 0.3) is 11.5 Å². The summed E-state index contributed by atoms with van der Waals surface area (Å²) in [6.07, 6.45) is 1.54. The van der Waals surface area contributed by atoms with Crippen LogP contribution in [0.15, 0.2) is 65.6 Å². The summed E-state index contributed by atoms with van der Waals surface area (Å²) < 4.78 is 0. The number of aromatic nitrogens is 1. The minimum Gasteiger partial charge on any atom is -0.328 e. The maximum atomic E-state index is 12.7. The van der Waals surface area contributed by atoms with E-state index in [-0.39, 0.29) is 5.56 Å². The van der Waals surface area contributed by atoms with Gasteiger partial charge >= 0.3 is 0 Å². The molecule has 2 N–H and O–H groups in total. The first-order valence-electron chi connectivity index (χ1n) is 7.41. The number of halogens is 1. The number of aromatic amines is 1. The van der Waals surface area contributed by atoms with Crippen LogP contribution < -0.4 is 10.9 Å². The number of rotatable bonds is 3. The Hall–Kier alpha value is -2.85. The second-order valence-corrected chi connectivity index (χ2v) is 5.81. The molecule has 1 aromatic heterocycles. The Morgan fingerprint density at radius 2 is 1.83 bits per heavy atom. The summed E-state index contributed by atoms with van der Waals surface area (Å²) in [5.74, 6) is -0.457. The molecule has 4 nitrogen and oxygen atoms in total. The van der Waals surface area contributed by atoms with Crippen LogP contribution in [0.3, 0.4) is 0 Å². The third kappa shape index (κ3) is 3.24. The van der Waals surface area contributed by atoms with Crippen LogP contribution in [0, 0.1) is 6.92 Å². The monoisotopic (exact) mass is 338 g/mol. The Kier molecular flexibility index (Phi) is 4.49. The van der Waals surface area contributed by atoms with E-state index in [2.05, 4.69) is 10.3 Å². The van der Waals surface area contributed by atoms with E-state index in [4.69, 9.17) is 11.6 Å². The average Bonchev–Trinajstić information content (AvgIpc) is 2.58. The molecule has 24 heavy (non-hydrogen) atoms. The van der Waals surface area contributed by atoms with E-state index in [1.165, 1.54) is 6.20 Å². The van der Waals surface area contributed by atoms with Crippen molar-refractivity contribution < 1.29 is 4.79 Å². The SMILES string of the molecule is Cc1cc(Cl)ccc1NC(=O)c1c(-c2ccccc2)cc[nH]c1=O. The molecule has 3 aromatic rings. The number of carbonyl (C=O) groups excluding carboxylic acids is 1. The van der Waals surface area contributed by atoms with E-state index in [0.717, 1.165) is 11.1 Å². The predicted octanol–water partition coefficient (Wildman–Crippen LogP) is 4.26. The van der Waals surface area contributed by atoms with Crippen molar-refractivity contribution in [2.24, 2.45) is 0 Å². The molecule has 3 rings (SSSR count). The minimum atomic E-state index is -0.457. The minimum absolute atomic E-state index is 0.0815. The second kappa shape index (κ2) is 6.72. The highest BCUT2D eigenvalue weighted by atomic mass is 35.5. The molecule has 0 saturated carbocycles. The van der Waals surface area contributed by atoms with Gasteiger partial charge in [0.05, 0.1) is 0 Å². The topological polar surface area (TPSA) is 62.0 Å². The van der Waals surface area contributed by atoms with Crippen molar-refractivity contribution >= 4 is 23.2 Å². The first-order chi connectivity index (χ1) is 11.6. The van der Waals surface area contributed by atoms with Crippen LogP contribution in [-0.2, 0) is 0 Å². The van der Waals surface area contributed by atoms with Gasteiger partial charge in [-0.05, 0) is 42.3 Å². The Morgan fingerprint density at radius 1 is 1.08 bits per heavy atom. The normalized spacial score (nSPS) is 10.4. The van der Waals surface area contributed by atoms with Crippen molar-refractivity contribution in [3.05, 3.63) is 87.3 Å². The molecule has 0 unspecified atom stereocenters. The van der Waals surface area contributed by atoms with Crippen LogP contribution in [0.5, 0.6) is 0 Å². The molecule has 0 aliphatic carbocycles. The zero-order valence-electron chi connectivity index (χ0n) is 13.0. The van der Waals surface area contributed by atoms with Crippen LogP contribution in [0.4, 0.5) is 5.69 Å². The van der Waals surface area contributed by atoms with E-state index in [9.17, 15) is 9.59 Å². The lowest BCUT2D eigenvalue weighted by molar-refractivity contribution is 0.102. The van der Waals surface area contributed by atoms with Gasteiger partial charge in [-0.25, -0.2) is 0 Å². The lowest BCUT2D eigenvalue weighted by Gasteiger charge is -2.11. The van der Waals surface area contributed by atoms with Gasteiger partial charge in [0, 0.05) is 22.5 Å². The number of hydrogen-bond donors (Lipinski definition) is 2. The van der Waals surface area contributed by atoms with Crippen molar-refractivity contribution in [1.82, 2.24) is 4.98 Å². The van der Waals surface area contributed by atoms with E-state index >= 15 is 0 Å². The number of pyridine rings is 1. The lowest BCUT2D eigenvalue weighted by atomic mass is 10.0. The van der Waals surface area contributed by atoms with Gasteiger partial charge in [-0.15, -0.1) is 0 Å². The summed E-state index contributed by atoms with van der Waals surface area (Å²) in [5.41, 5.74) is 2.49. The highest BCUT2D eigenvalue weighted by Gasteiger charge is 2.17. The quantitative estimate of drug-likeness (QED) is 0.749. The van der Waals surface area contributed by atoms with Crippen molar-refractivity contribution in [2.45, 2.75) is 6.92 Å². The molecule has 0 spiro atoms. The maximum absolute atomic E-state index is 12.7. The summed E-state index contributed by atoms with van der Waals surface area (Å²) in [7, 11) is 0. The Bertz CT molecular complexity index is 949. The van der Waals surface area contributed by atoms with Gasteiger partial charge in [-0.3, -0.25) is 9.59 Å². The molecular weight excluding hydrogens is 324 g/mol. The van der Waals surface area contributed by atoms with Crippen molar-refractivity contribution in [3.8, 4) is 11.1 Å². The van der Waals surface area contributed by atoms with Crippen LogP contribution in [0.2, 0.25) is 5.02 Å². The third-order valence-corrected chi connectivity index (χ3v) is 3.94. The first-order valence-corrected chi connectivity index (χ1v) is 7.78. The standard InChI is InChI=1S/C19H15ClN2O2/c1-12-11-14(20)7-8-16(12)22-19(24)17-15(9-10-21-18(17)23)13-5-3-2-4-6-13/h2-11H,1H3,(H,21,23)(H,22,24). The van der Waals surface area contributed by atoms with Crippen LogP contribution in [0.1, 0.15) is 15.9 Å². The molecule has 1 amide bonds. The van der Waals surface area contributed by atoms with Crippen molar-refractivity contribution in [1.29, 1.82) is 0 Å². The van der Waals surface area contributed by atoms with Crippen molar-refractivity contribution in [2.75, 3.05) is 5.32 Å². The number of anilines is 1. The molecule has 0 radical (unpaired) electrons. The van der Waals surface area contributed by atoms with Gasteiger partial charge in [0.15, 0.2) is 0 Å². The largest absolute Gasteiger partial charge is 0.328 e. The molecule has 0 bridgehead atoms. The zero-order chi connectivity index (χ0) is 17.1.